The van der Waals surface area contributed by atoms with Crippen LogP contribution in [0.4, 0.5) is 5.69 Å². The molecule has 152 valence electrons. The van der Waals surface area contributed by atoms with Crippen LogP contribution in [0.15, 0.2) is 47.4 Å². The molecule has 6 heteroatoms. The molecule has 1 aliphatic rings. The van der Waals surface area contributed by atoms with E-state index >= 15 is 0 Å². The fourth-order valence-electron chi connectivity index (χ4n) is 3.97. The minimum atomic E-state index is -3.54. The Balaban J connectivity index is 1.83. The van der Waals surface area contributed by atoms with Gasteiger partial charge in [0.1, 0.15) is 6.04 Å². The molecule has 0 spiro atoms. The molecule has 0 radical (unpaired) electrons. The molecule has 1 aliphatic heterocycles. The molecule has 0 unspecified atom stereocenters. The summed E-state index contributed by atoms with van der Waals surface area (Å²) in [6, 6.07) is 14.0. The van der Waals surface area contributed by atoms with Crippen molar-refractivity contribution in [3.8, 4) is 0 Å². The van der Waals surface area contributed by atoms with Gasteiger partial charge in [-0.1, -0.05) is 24.3 Å². The lowest BCUT2D eigenvalue weighted by Crippen LogP contribution is -3.11. The highest BCUT2D eigenvalue weighted by Gasteiger charge is 2.29. The second-order valence-electron chi connectivity index (χ2n) is 7.95. The van der Waals surface area contributed by atoms with Gasteiger partial charge in [-0.3, -0.25) is 0 Å². The Morgan fingerprint density at radius 3 is 2.29 bits per heavy atom. The lowest BCUT2D eigenvalue weighted by Gasteiger charge is -2.26. The highest BCUT2D eigenvalue weighted by molar-refractivity contribution is 7.89. The number of anilines is 1. The minimum absolute atomic E-state index is 0.124. The lowest BCUT2D eigenvalue weighted by molar-refractivity contribution is -0.918. The Kier molecular flexibility index (Phi) is 6.43. The molecule has 1 heterocycles. The summed E-state index contributed by atoms with van der Waals surface area (Å²) in [4.78, 5) is 3.91. The number of sulfonamides is 1. The fourth-order valence-corrected chi connectivity index (χ4v) is 5.33. The molecule has 2 N–H and O–H groups in total. The van der Waals surface area contributed by atoms with E-state index in [-0.39, 0.29) is 6.04 Å². The molecule has 1 saturated heterocycles. The number of nitrogens with zero attached hydrogens (tertiary/aromatic N) is 1. The van der Waals surface area contributed by atoms with Crippen molar-refractivity contribution in [3.63, 3.8) is 0 Å². The van der Waals surface area contributed by atoms with Gasteiger partial charge in [-0.25, -0.2) is 13.1 Å². The minimum Gasteiger partial charge on any atom is -0.378 e. The summed E-state index contributed by atoms with van der Waals surface area (Å²) < 4.78 is 28.8. The Labute approximate surface area is 169 Å². The number of hydrogen-bond acceptors (Lipinski definition) is 3. The third kappa shape index (κ3) is 4.57. The van der Waals surface area contributed by atoms with Crippen LogP contribution in [-0.4, -0.2) is 42.1 Å². The number of hydrogen-bond donors (Lipinski definition) is 2. The zero-order chi connectivity index (χ0) is 20.3. The summed E-state index contributed by atoms with van der Waals surface area (Å²) >= 11 is 0. The van der Waals surface area contributed by atoms with E-state index in [2.05, 4.69) is 33.9 Å². The number of nitrogens with one attached hydrogen (secondary N) is 2. The maximum Gasteiger partial charge on any atom is 0.241 e. The second kappa shape index (κ2) is 8.64. The van der Waals surface area contributed by atoms with E-state index in [0.29, 0.717) is 11.4 Å². The van der Waals surface area contributed by atoms with Crippen LogP contribution < -0.4 is 14.5 Å². The third-order valence-electron chi connectivity index (χ3n) is 5.87. The Morgan fingerprint density at radius 2 is 1.68 bits per heavy atom. The molecule has 0 bridgehead atoms. The van der Waals surface area contributed by atoms with Gasteiger partial charge < -0.3 is 9.80 Å². The molecule has 0 amide bonds. The smallest absolute Gasteiger partial charge is 0.241 e. The van der Waals surface area contributed by atoms with Crippen LogP contribution in [0.1, 0.15) is 35.6 Å². The van der Waals surface area contributed by atoms with Crippen LogP contribution in [0.2, 0.25) is 0 Å². The lowest BCUT2D eigenvalue weighted by atomic mass is 10.1. The van der Waals surface area contributed by atoms with Gasteiger partial charge in [0.2, 0.25) is 10.0 Å². The molecule has 1 atom stereocenters. The molecule has 3 rings (SSSR count). The van der Waals surface area contributed by atoms with Gasteiger partial charge in [-0.05, 0) is 43.2 Å². The first-order valence-corrected chi connectivity index (χ1v) is 11.5. The van der Waals surface area contributed by atoms with Crippen molar-refractivity contribution in [2.45, 2.75) is 37.6 Å². The zero-order valence-electron chi connectivity index (χ0n) is 17.3. The molecule has 28 heavy (non-hydrogen) atoms. The normalized spacial score (nSPS) is 16.3. The van der Waals surface area contributed by atoms with Crippen LogP contribution in [0.25, 0.3) is 0 Å². The SMILES string of the molecule is Cc1cccc(S(=O)(=O)NC[C@H](c2ccc(N(C)C)cc2)[NH+]2CCCC2)c1C. The molecule has 5 nitrogen and oxygen atoms in total. The van der Waals surface area contributed by atoms with Crippen LogP contribution in [0.3, 0.4) is 0 Å². The summed E-state index contributed by atoms with van der Waals surface area (Å²) in [6.07, 6.45) is 2.40. The number of likely N-dealkylation sites (tertiary alicyclic amines) is 1. The molecule has 2 aromatic rings. The van der Waals surface area contributed by atoms with Gasteiger partial charge in [0.25, 0.3) is 0 Å². The predicted octanol–water partition coefficient (Wildman–Crippen LogP) is 2.07. The van der Waals surface area contributed by atoms with Gasteiger partial charge in [-0.15, -0.1) is 0 Å². The van der Waals surface area contributed by atoms with E-state index in [1.807, 2.05) is 34.0 Å². The molecule has 0 aliphatic carbocycles. The highest BCUT2D eigenvalue weighted by Crippen LogP contribution is 2.20. The van der Waals surface area contributed by atoms with E-state index in [1.165, 1.54) is 23.3 Å². The Bertz CT molecular complexity index is 902. The van der Waals surface area contributed by atoms with E-state index < -0.39 is 10.0 Å². The summed E-state index contributed by atoms with van der Waals surface area (Å²) in [5.41, 5.74) is 4.14. The van der Waals surface area contributed by atoms with Crippen LogP contribution in [0, 0.1) is 13.8 Å². The van der Waals surface area contributed by atoms with Gasteiger partial charge >= 0.3 is 0 Å². The molecule has 0 aromatic heterocycles. The maximum absolute atomic E-state index is 13.0. The van der Waals surface area contributed by atoms with Gasteiger partial charge in [0.05, 0.1) is 24.5 Å². The number of benzene rings is 2. The van der Waals surface area contributed by atoms with Gasteiger partial charge in [0.15, 0.2) is 0 Å². The maximum atomic E-state index is 13.0. The van der Waals surface area contributed by atoms with E-state index in [9.17, 15) is 8.42 Å². The monoisotopic (exact) mass is 402 g/mol. The van der Waals surface area contributed by atoms with Crippen LogP contribution in [-0.2, 0) is 10.0 Å². The largest absolute Gasteiger partial charge is 0.378 e. The highest BCUT2D eigenvalue weighted by atomic mass is 32.2. The number of aryl methyl sites for hydroxylation is 1. The Morgan fingerprint density at radius 1 is 1.04 bits per heavy atom. The van der Waals surface area contributed by atoms with Crippen molar-refractivity contribution in [3.05, 3.63) is 59.2 Å². The molecule has 0 saturated carbocycles. The number of quaternary nitrogens is 1. The molecule has 1 fully saturated rings. The zero-order valence-corrected chi connectivity index (χ0v) is 18.1. The van der Waals surface area contributed by atoms with Gasteiger partial charge in [-0.2, -0.15) is 0 Å². The fraction of sp³-hybridized carbons (Fsp3) is 0.455. The van der Waals surface area contributed by atoms with Crippen molar-refractivity contribution in [1.29, 1.82) is 0 Å². The van der Waals surface area contributed by atoms with E-state index in [4.69, 9.17) is 0 Å². The first-order valence-electron chi connectivity index (χ1n) is 9.97. The number of rotatable bonds is 7. The third-order valence-corrected chi connectivity index (χ3v) is 7.44. The van der Waals surface area contributed by atoms with Crippen molar-refractivity contribution >= 4 is 15.7 Å². The van der Waals surface area contributed by atoms with Crippen LogP contribution >= 0.6 is 0 Å². The summed E-state index contributed by atoms with van der Waals surface area (Å²) in [5.74, 6) is 0. The second-order valence-corrected chi connectivity index (χ2v) is 9.69. The predicted molar refractivity (Wildman–Crippen MR) is 115 cm³/mol. The van der Waals surface area contributed by atoms with E-state index in [1.54, 1.807) is 12.1 Å². The van der Waals surface area contributed by atoms with Crippen LogP contribution in [0.5, 0.6) is 0 Å². The van der Waals surface area contributed by atoms with Crippen molar-refractivity contribution in [2.75, 3.05) is 38.6 Å². The van der Waals surface area contributed by atoms with E-state index in [0.717, 1.165) is 29.9 Å². The average Bonchev–Trinajstić information content (AvgIpc) is 3.18. The summed E-state index contributed by atoms with van der Waals surface area (Å²) in [5, 5.41) is 0. The summed E-state index contributed by atoms with van der Waals surface area (Å²) in [7, 11) is 0.509. The topological polar surface area (TPSA) is 53.9 Å². The molecule has 2 aromatic carbocycles. The molecular formula is C22H32N3O2S+. The average molecular weight is 403 g/mol. The van der Waals surface area contributed by atoms with Gasteiger partial charge in [0, 0.05) is 38.2 Å². The summed E-state index contributed by atoms with van der Waals surface area (Å²) in [6.45, 7) is 6.40. The standard InChI is InChI=1S/C22H31N3O2S/c1-17-8-7-9-22(18(17)2)28(26,27)23-16-21(25-14-5-6-15-25)19-10-12-20(13-11-19)24(3)4/h7-13,21,23H,5-6,14-16H2,1-4H3/p+1/t21-/m1/s1. The van der Waals surface area contributed by atoms with Crippen molar-refractivity contribution < 1.29 is 13.3 Å². The first-order chi connectivity index (χ1) is 13.3. The van der Waals surface area contributed by atoms with Crippen molar-refractivity contribution in [1.82, 2.24) is 4.72 Å². The quantitative estimate of drug-likeness (QED) is 0.746. The Hall–Kier alpha value is -1.89. The van der Waals surface area contributed by atoms with Crippen molar-refractivity contribution in [2.24, 2.45) is 0 Å². The molecular weight excluding hydrogens is 370 g/mol. The first kappa shape index (κ1) is 20.8.